The molecule has 0 aliphatic heterocycles. The highest BCUT2D eigenvalue weighted by atomic mass is 35.5. The second kappa shape index (κ2) is 8.39. The zero-order chi connectivity index (χ0) is 23.2. The highest BCUT2D eigenvalue weighted by molar-refractivity contribution is 7.99. The number of benzene rings is 2. The van der Waals surface area contributed by atoms with Crippen molar-refractivity contribution in [2.75, 3.05) is 5.32 Å². The average molecular weight is 489 g/mol. The molecule has 2 aromatic heterocycles. The summed E-state index contributed by atoms with van der Waals surface area (Å²) >= 11 is 7.37. The van der Waals surface area contributed by atoms with Gasteiger partial charge in [0.05, 0.1) is 11.9 Å². The molecule has 1 amide bonds. The standard InChI is InChI=1S/C23H16ClF3N4OS/c24-14-7-9-15(10-8-14)33-19-4-2-1-3-17(19)30-22(32)16-12-28-31-20(23(25,26)27)11-18(13-5-6-13)29-21(16)31/h1-4,7-13H,5-6H2,(H,30,32). The molecular weight excluding hydrogens is 473 g/mol. The van der Waals surface area contributed by atoms with E-state index in [0.717, 1.165) is 34.9 Å². The topological polar surface area (TPSA) is 59.3 Å². The summed E-state index contributed by atoms with van der Waals surface area (Å²) in [5, 5.41) is 7.24. The van der Waals surface area contributed by atoms with Gasteiger partial charge in [0.1, 0.15) is 11.3 Å². The van der Waals surface area contributed by atoms with Crippen molar-refractivity contribution in [1.82, 2.24) is 14.6 Å². The van der Waals surface area contributed by atoms with Crippen molar-refractivity contribution < 1.29 is 18.0 Å². The lowest BCUT2D eigenvalue weighted by molar-refractivity contribution is -0.142. The molecule has 0 spiro atoms. The second-order valence-corrected chi connectivity index (χ2v) is 9.19. The quantitative estimate of drug-likeness (QED) is 0.340. The van der Waals surface area contributed by atoms with Crippen LogP contribution in [0.2, 0.25) is 5.02 Å². The Morgan fingerprint density at radius 1 is 1.12 bits per heavy atom. The lowest BCUT2D eigenvalue weighted by Crippen LogP contribution is -2.16. The SMILES string of the molecule is O=C(Nc1ccccc1Sc1ccc(Cl)cc1)c1cnn2c(C(F)(F)F)cc(C3CC3)nc12. The van der Waals surface area contributed by atoms with E-state index in [-0.39, 0.29) is 17.1 Å². The number of rotatable bonds is 5. The van der Waals surface area contributed by atoms with Gasteiger partial charge < -0.3 is 5.32 Å². The van der Waals surface area contributed by atoms with E-state index in [4.69, 9.17) is 11.6 Å². The molecule has 0 atom stereocenters. The normalized spacial score (nSPS) is 13.9. The Kier molecular flexibility index (Phi) is 5.54. The molecule has 5 nitrogen and oxygen atoms in total. The Labute approximate surface area is 196 Å². The predicted octanol–water partition coefficient (Wildman–Crippen LogP) is 6.68. The molecule has 0 bridgehead atoms. The Hall–Kier alpha value is -3.04. The molecule has 4 aromatic rings. The number of carbonyl (C=O) groups excluding carboxylic acids is 1. The number of nitrogens with zero attached hydrogens (tertiary/aromatic N) is 3. The highest BCUT2D eigenvalue weighted by Crippen LogP contribution is 2.41. The van der Waals surface area contributed by atoms with E-state index in [1.165, 1.54) is 11.8 Å². The third kappa shape index (κ3) is 4.56. The van der Waals surface area contributed by atoms with Crippen LogP contribution in [0.5, 0.6) is 0 Å². The first-order chi connectivity index (χ1) is 15.8. The van der Waals surface area contributed by atoms with E-state index < -0.39 is 17.8 Å². The van der Waals surface area contributed by atoms with E-state index in [1.807, 2.05) is 24.3 Å². The van der Waals surface area contributed by atoms with E-state index in [2.05, 4.69) is 15.4 Å². The van der Waals surface area contributed by atoms with Crippen LogP contribution in [0.25, 0.3) is 5.65 Å². The summed E-state index contributed by atoms with van der Waals surface area (Å²) in [7, 11) is 0. The lowest BCUT2D eigenvalue weighted by atomic mass is 10.2. The van der Waals surface area contributed by atoms with Gasteiger partial charge in [0.2, 0.25) is 0 Å². The van der Waals surface area contributed by atoms with Crippen LogP contribution in [-0.4, -0.2) is 20.5 Å². The van der Waals surface area contributed by atoms with Gasteiger partial charge in [-0.15, -0.1) is 0 Å². The average Bonchev–Trinajstić information content (AvgIpc) is 3.54. The molecule has 1 aliphatic rings. The first kappa shape index (κ1) is 21.8. The largest absolute Gasteiger partial charge is 0.433 e. The van der Waals surface area contributed by atoms with Gasteiger partial charge in [0.15, 0.2) is 5.65 Å². The number of anilines is 1. The zero-order valence-corrected chi connectivity index (χ0v) is 18.5. The number of alkyl halides is 3. The number of amides is 1. The lowest BCUT2D eigenvalue weighted by Gasteiger charge is -2.12. The van der Waals surface area contributed by atoms with E-state index in [1.54, 1.807) is 24.3 Å². The van der Waals surface area contributed by atoms with Crippen LogP contribution >= 0.6 is 23.4 Å². The Balaban J connectivity index is 1.48. The molecule has 1 saturated carbocycles. The minimum Gasteiger partial charge on any atom is -0.321 e. The third-order valence-electron chi connectivity index (χ3n) is 5.20. The fraction of sp³-hybridized carbons (Fsp3) is 0.174. The van der Waals surface area contributed by atoms with Gasteiger partial charge >= 0.3 is 6.18 Å². The molecule has 10 heteroatoms. The Morgan fingerprint density at radius 2 is 1.85 bits per heavy atom. The summed E-state index contributed by atoms with van der Waals surface area (Å²) in [6.07, 6.45) is -1.93. The van der Waals surface area contributed by atoms with Crippen LogP contribution in [0.4, 0.5) is 18.9 Å². The third-order valence-corrected chi connectivity index (χ3v) is 6.53. The monoisotopic (exact) mass is 488 g/mol. The van der Waals surface area contributed by atoms with Crippen LogP contribution in [0.15, 0.2) is 70.6 Å². The fourth-order valence-corrected chi connectivity index (χ4v) is 4.44. The molecule has 168 valence electrons. The second-order valence-electron chi connectivity index (χ2n) is 7.64. The molecular formula is C23H16ClF3N4OS. The highest BCUT2D eigenvalue weighted by Gasteiger charge is 2.38. The molecule has 1 aliphatic carbocycles. The Bertz CT molecular complexity index is 1350. The van der Waals surface area contributed by atoms with Gasteiger partial charge in [-0.05, 0) is 55.3 Å². The number of para-hydroxylation sites is 1. The van der Waals surface area contributed by atoms with Crippen molar-refractivity contribution in [2.24, 2.45) is 0 Å². The molecule has 0 radical (unpaired) electrons. The predicted molar refractivity (Wildman–Crippen MR) is 120 cm³/mol. The molecule has 1 fully saturated rings. The maximum atomic E-state index is 13.6. The summed E-state index contributed by atoms with van der Waals surface area (Å²) in [5.74, 6) is -0.596. The number of fused-ring (bicyclic) bond motifs is 1. The number of carbonyl (C=O) groups is 1. The van der Waals surface area contributed by atoms with Crippen LogP contribution in [0.1, 0.15) is 40.5 Å². The van der Waals surface area contributed by atoms with Gasteiger partial charge in [-0.3, -0.25) is 4.79 Å². The first-order valence-corrected chi connectivity index (χ1v) is 11.3. The molecule has 33 heavy (non-hydrogen) atoms. The maximum Gasteiger partial charge on any atom is 0.433 e. The number of aromatic nitrogens is 3. The minimum atomic E-state index is -4.62. The summed E-state index contributed by atoms with van der Waals surface area (Å²) in [6.45, 7) is 0. The molecule has 2 aromatic carbocycles. The number of hydrogen-bond acceptors (Lipinski definition) is 4. The zero-order valence-electron chi connectivity index (χ0n) is 16.9. The summed E-state index contributed by atoms with van der Waals surface area (Å²) in [5.41, 5.74) is -0.201. The summed E-state index contributed by atoms with van der Waals surface area (Å²) < 4.78 is 41.6. The smallest absolute Gasteiger partial charge is 0.321 e. The molecule has 2 heterocycles. The van der Waals surface area contributed by atoms with Crippen molar-refractivity contribution in [1.29, 1.82) is 0 Å². The van der Waals surface area contributed by atoms with Gasteiger partial charge in [-0.2, -0.15) is 18.3 Å². The van der Waals surface area contributed by atoms with Crippen molar-refractivity contribution in [3.05, 3.63) is 82.8 Å². The number of halogens is 4. The van der Waals surface area contributed by atoms with Crippen LogP contribution in [0.3, 0.4) is 0 Å². The fourth-order valence-electron chi connectivity index (χ4n) is 3.41. The molecule has 1 N–H and O–H groups in total. The van der Waals surface area contributed by atoms with E-state index in [9.17, 15) is 18.0 Å². The summed E-state index contributed by atoms with van der Waals surface area (Å²) in [4.78, 5) is 19.1. The van der Waals surface area contributed by atoms with Gasteiger partial charge in [-0.1, -0.05) is 35.5 Å². The van der Waals surface area contributed by atoms with Gasteiger partial charge in [0.25, 0.3) is 5.91 Å². The minimum absolute atomic E-state index is 0.0154. The molecule has 5 rings (SSSR count). The number of nitrogens with one attached hydrogen (secondary N) is 1. The van der Waals surface area contributed by atoms with Crippen molar-refractivity contribution >= 4 is 40.6 Å². The van der Waals surface area contributed by atoms with Crippen molar-refractivity contribution in [2.45, 2.75) is 34.7 Å². The van der Waals surface area contributed by atoms with Crippen LogP contribution in [-0.2, 0) is 6.18 Å². The van der Waals surface area contributed by atoms with Crippen molar-refractivity contribution in [3.63, 3.8) is 0 Å². The molecule has 0 unspecified atom stereocenters. The number of hydrogen-bond donors (Lipinski definition) is 1. The van der Waals surface area contributed by atoms with E-state index >= 15 is 0 Å². The van der Waals surface area contributed by atoms with Gasteiger partial charge in [-0.25, -0.2) is 9.50 Å². The maximum absolute atomic E-state index is 13.6. The Morgan fingerprint density at radius 3 is 2.55 bits per heavy atom. The first-order valence-electron chi connectivity index (χ1n) is 10.1. The van der Waals surface area contributed by atoms with Gasteiger partial charge in [0, 0.05) is 26.4 Å². The van der Waals surface area contributed by atoms with E-state index in [0.29, 0.717) is 20.9 Å². The van der Waals surface area contributed by atoms with Crippen LogP contribution in [0, 0.1) is 0 Å². The van der Waals surface area contributed by atoms with Crippen molar-refractivity contribution in [3.8, 4) is 0 Å². The molecule has 0 saturated heterocycles. The summed E-state index contributed by atoms with van der Waals surface area (Å²) in [6, 6.07) is 15.5. The van der Waals surface area contributed by atoms with Crippen LogP contribution < -0.4 is 5.32 Å².